The molecule has 0 amide bonds. The molecule has 1 aliphatic rings. The van der Waals surface area contributed by atoms with Crippen LogP contribution in [0.2, 0.25) is 0 Å². The minimum atomic E-state index is -0.524. The van der Waals surface area contributed by atoms with Crippen LogP contribution < -0.4 is 0 Å². The van der Waals surface area contributed by atoms with Crippen LogP contribution in [0.4, 0.5) is 0 Å². The van der Waals surface area contributed by atoms with Crippen molar-refractivity contribution in [3.63, 3.8) is 0 Å². The van der Waals surface area contributed by atoms with Crippen molar-refractivity contribution in [3.05, 3.63) is 106 Å². The van der Waals surface area contributed by atoms with E-state index < -0.39 is 17.9 Å². The van der Waals surface area contributed by atoms with E-state index in [2.05, 4.69) is 4.98 Å². The highest BCUT2D eigenvalue weighted by atomic mass is 16.5. The molecule has 1 aromatic heterocycles. The van der Waals surface area contributed by atoms with Crippen molar-refractivity contribution < 1.29 is 28.6 Å². The number of aromatic nitrogens is 1. The summed E-state index contributed by atoms with van der Waals surface area (Å²) < 4.78 is 15.5. The first-order valence-corrected chi connectivity index (χ1v) is 12.5. The lowest BCUT2D eigenvalue weighted by molar-refractivity contribution is -0.134. The van der Waals surface area contributed by atoms with Crippen LogP contribution in [0.15, 0.2) is 77.8 Å². The number of ether oxygens (including phenoxy) is 3. The molecule has 0 aliphatic carbocycles. The molecule has 0 saturated heterocycles. The van der Waals surface area contributed by atoms with Crippen molar-refractivity contribution in [3.8, 4) is 0 Å². The molecule has 0 spiro atoms. The van der Waals surface area contributed by atoms with Gasteiger partial charge < -0.3 is 19.2 Å². The second-order valence-corrected chi connectivity index (χ2v) is 8.66. The van der Waals surface area contributed by atoms with Crippen molar-refractivity contribution in [2.24, 2.45) is 4.99 Å². The summed E-state index contributed by atoms with van der Waals surface area (Å²) in [4.78, 5) is 46.0. The van der Waals surface area contributed by atoms with Crippen molar-refractivity contribution in [1.29, 1.82) is 0 Å². The first kappa shape index (κ1) is 25.7. The van der Waals surface area contributed by atoms with Crippen molar-refractivity contribution in [2.75, 3.05) is 20.3 Å². The maximum Gasteiger partial charge on any atom is 0.357 e. The van der Waals surface area contributed by atoms with Gasteiger partial charge in [-0.2, -0.15) is 0 Å². The van der Waals surface area contributed by atoms with Crippen molar-refractivity contribution in [1.82, 2.24) is 4.98 Å². The van der Waals surface area contributed by atoms with Crippen LogP contribution in [0.5, 0.6) is 0 Å². The number of nitrogens with one attached hydrogen (secondary N) is 1. The number of aliphatic imine (C=N–C) groups is 1. The van der Waals surface area contributed by atoms with Crippen LogP contribution >= 0.6 is 0 Å². The largest absolute Gasteiger partial charge is 0.465 e. The Balaban J connectivity index is 1.84. The summed E-state index contributed by atoms with van der Waals surface area (Å²) in [5.41, 5.74) is 4.80. The molecule has 4 aromatic rings. The van der Waals surface area contributed by atoms with Gasteiger partial charge in [0, 0.05) is 27.5 Å². The van der Waals surface area contributed by atoms with E-state index in [9.17, 15) is 14.4 Å². The Kier molecular flexibility index (Phi) is 7.10. The van der Waals surface area contributed by atoms with Crippen LogP contribution in [0, 0.1) is 0 Å². The zero-order valence-corrected chi connectivity index (χ0v) is 21.7. The number of H-pyrrole nitrogens is 1. The number of methoxy groups -OCH3 is 1. The lowest BCUT2D eigenvalue weighted by Crippen LogP contribution is -2.17. The summed E-state index contributed by atoms with van der Waals surface area (Å²) in [5, 5.41) is 1.47. The highest BCUT2D eigenvalue weighted by Crippen LogP contribution is 2.41. The zero-order chi connectivity index (χ0) is 27.5. The number of nitrogens with zero attached hydrogens (tertiary/aromatic N) is 1. The van der Waals surface area contributed by atoms with E-state index in [1.165, 1.54) is 7.11 Å². The molecule has 39 heavy (non-hydrogen) atoms. The van der Waals surface area contributed by atoms with E-state index in [1.807, 2.05) is 48.5 Å². The predicted octanol–water partition coefficient (Wildman–Crippen LogP) is 5.41. The normalized spacial score (nSPS) is 13.5. The Bertz CT molecular complexity index is 1660. The highest BCUT2D eigenvalue weighted by Gasteiger charge is 2.31. The average molecular weight is 523 g/mol. The smallest absolute Gasteiger partial charge is 0.357 e. The first-order chi connectivity index (χ1) is 19.0. The van der Waals surface area contributed by atoms with Gasteiger partial charge in [0.05, 0.1) is 37.3 Å². The molecule has 5 rings (SSSR count). The van der Waals surface area contributed by atoms with E-state index in [0.717, 1.165) is 10.9 Å². The van der Waals surface area contributed by atoms with Gasteiger partial charge in [-0.25, -0.2) is 19.4 Å². The molecular weight excluding hydrogens is 496 g/mol. The maximum absolute atomic E-state index is 12.9. The lowest BCUT2D eigenvalue weighted by Gasteiger charge is -2.12. The van der Waals surface area contributed by atoms with Gasteiger partial charge in [-0.15, -0.1) is 0 Å². The Morgan fingerprint density at radius 2 is 1.26 bits per heavy atom. The second-order valence-electron chi connectivity index (χ2n) is 8.66. The van der Waals surface area contributed by atoms with Crippen LogP contribution in [0.3, 0.4) is 0 Å². The highest BCUT2D eigenvalue weighted by molar-refractivity contribution is 6.47. The molecular formula is C31H26N2O6. The number of benzene rings is 3. The van der Waals surface area contributed by atoms with Gasteiger partial charge in [0.2, 0.25) is 0 Å². The van der Waals surface area contributed by atoms with Gasteiger partial charge in [-0.05, 0) is 31.5 Å². The summed E-state index contributed by atoms with van der Waals surface area (Å²) in [6.45, 7) is 3.93. The molecule has 0 bridgehead atoms. The Morgan fingerprint density at radius 3 is 1.90 bits per heavy atom. The first-order valence-electron chi connectivity index (χ1n) is 12.5. The van der Waals surface area contributed by atoms with Gasteiger partial charge in [0.25, 0.3) is 0 Å². The summed E-state index contributed by atoms with van der Waals surface area (Å²) >= 11 is 0. The minimum Gasteiger partial charge on any atom is -0.465 e. The SMILES string of the molecule is CCOC(=O)C1=N/C(=C(\c2ccc(C(=O)OC)cc2)c2[nH]c(C(=O)OCC)c3ccccc23)c2ccccc21. The number of aromatic amines is 1. The van der Waals surface area contributed by atoms with Gasteiger partial charge in [-0.3, -0.25) is 0 Å². The number of hydrogen-bond donors (Lipinski definition) is 1. The summed E-state index contributed by atoms with van der Waals surface area (Å²) in [6, 6.07) is 21.8. The molecule has 8 heteroatoms. The molecule has 1 aliphatic heterocycles. The number of carbonyl (C=O) groups is 3. The quantitative estimate of drug-likeness (QED) is 0.257. The fourth-order valence-corrected chi connectivity index (χ4v) is 4.70. The third-order valence-electron chi connectivity index (χ3n) is 6.41. The third-order valence-corrected chi connectivity index (χ3v) is 6.41. The molecule has 196 valence electrons. The number of esters is 3. The van der Waals surface area contributed by atoms with E-state index >= 15 is 0 Å². The van der Waals surface area contributed by atoms with Crippen molar-refractivity contribution in [2.45, 2.75) is 13.8 Å². The molecule has 0 fully saturated rings. The monoisotopic (exact) mass is 522 g/mol. The van der Waals surface area contributed by atoms with Crippen LogP contribution in [-0.2, 0) is 19.0 Å². The Labute approximate surface area is 224 Å². The average Bonchev–Trinajstić information content (AvgIpc) is 3.53. The molecule has 0 atom stereocenters. The van der Waals surface area contributed by atoms with Crippen LogP contribution in [0.25, 0.3) is 22.0 Å². The number of rotatable bonds is 7. The van der Waals surface area contributed by atoms with Gasteiger partial charge >= 0.3 is 17.9 Å². The number of hydrogen-bond acceptors (Lipinski definition) is 7. The summed E-state index contributed by atoms with van der Waals surface area (Å²) in [5.74, 6) is -1.46. The van der Waals surface area contributed by atoms with E-state index in [0.29, 0.717) is 44.7 Å². The lowest BCUT2D eigenvalue weighted by atomic mass is 9.93. The zero-order valence-electron chi connectivity index (χ0n) is 21.7. The molecule has 0 saturated carbocycles. The summed E-state index contributed by atoms with van der Waals surface area (Å²) in [7, 11) is 1.33. The summed E-state index contributed by atoms with van der Waals surface area (Å²) in [6.07, 6.45) is 0. The molecule has 0 radical (unpaired) electrons. The van der Waals surface area contributed by atoms with Gasteiger partial charge in [0.1, 0.15) is 5.69 Å². The molecule has 8 nitrogen and oxygen atoms in total. The van der Waals surface area contributed by atoms with Crippen LogP contribution in [-0.4, -0.2) is 48.9 Å². The molecule has 0 unspecified atom stereocenters. The van der Waals surface area contributed by atoms with E-state index in [1.54, 1.807) is 38.1 Å². The fourth-order valence-electron chi connectivity index (χ4n) is 4.70. The number of fused-ring (bicyclic) bond motifs is 2. The second kappa shape index (κ2) is 10.8. The molecule has 2 heterocycles. The number of carbonyl (C=O) groups excluding carboxylic acids is 3. The Hall–Kier alpha value is -4.98. The van der Waals surface area contributed by atoms with Crippen molar-refractivity contribution >= 4 is 45.7 Å². The fraction of sp³-hybridized carbons (Fsp3) is 0.161. The molecule has 1 N–H and O–H groups in total. The standard InChI is InChI=1S/C31H26N2O6/c1-4-38-30(35)27-22-12-8-6-10-20(22)25(32-27)24(18-14-16-19(17-15-18)29(34)37-3)26-21-11-7-9-13-23(21)28(33-26)31(36)39-5-2/h6-17,32H,4-5H2,1-3H3/b26-24+. The predicted molar refractivity (Wildman–Crippen MR) is 148 cm³/mol. The topological polar surface area (TPSA) is 107 Å². The van der Waals surface area contributed by atoms with E-state index in [4.69, 9.17) is 19.2 Å². The third kappa shape index (κ3) is 4.61. The minimum absolute atomic E-state index is 0.201. The Morgan fingerprint density at radius 1 is 0.692 bits per heavy atom. The van der Waals surface area contributed by atoms with Crippen LogP contribution in [0.1, 0.15) is 57.1 Å². The molecule has 3 aromatic carbocycles. The maximum atomic E-state index is 12.9. The van der Waals surface area contributed by atoms with E-state index in [-0.39, 0.29) is 18.9 Å². The van der Waals surface area contributed by atoms with Gasteiger partial charge in [-0.1, -0.05) is 60.7 Å². The van der Waals surface area contributed by atoms with Gasteiger partial charge in [0.15, 0.2) is 5.71 Å².